The van der Waals surface area contributed by atoms with Crippen LogP contribution in [-0.4, -0.2) is 107 Å². The maximum absolute atomic E-state index is 12.7. The van der Waals surface area contributed by atoms with E-state index in [2.05, 4.69) is 42.6 Å². The summed E-state index contributed by atoms with van der Waals surface area (Å²) in [4.78, 5) is 80.7. The molecule has 2 fully saturated rings. The van der Waals surface area contributed by atoms with Gasteiger partial charge in [0.25, 0.3) is 42.8 Å². The second-order valence-electron chi connectivity index (χ2n) is 13.2. The topological polar surface area (TPSA) is 431 Å². The molecule has 2 aliphatic rings. The van der Waals surface area contributed by atoms with Crippen molar-refractivity contribution in [2.24, 2.45) is 7.05 Å². The summed E-state index contributed by atoms with van der Waals surface area (Å²) in [6.45, 7) is 1.62. The third kappa shape index (κ3) is 10.0. The number of aryl methyl sites for hydroxylation is 2. The van der Waals surface area contributed by atoms with Crippen LogP contribution in [0.2, 0.25) is 0 Å². The average molecular weight is 934 g/mol. The monoisotopic (exact) mass is 933 g/mol. The van der Waals surface area contributed by atoms with Gasteiger partial charge in [0.2, 0.25) is 6.23 Å². The van der Waals surface area contributed by atoms with E-state index in [-0.39, 0.29) is 28.2 Å². The van der Waals surface area contributed by atoms with E-state index in [1.807, 2.05) is 0 Å². The molecular formula is C26H35N9O21P4-4. The van der Waals surface area contributed by atoms with Crippen LogP contribution in [0.15, 0.2) is 17.4 Å². The van der Waals surface area contributed by atoms with Crippen LogP contribution in [-0.2, 0) is 66.2 Å². The highest BCUT2D eigenvalue weighted by Crippen LogP contribution is 2.63. The molecule has 0 spiro atoms. The van der Waals surface area contributed by atoms with Gasteiger partial charge in [0.1, 0.15) is 42.4 Å². The third-order valence-corrected chi connectivity index (χ3v) is 13.8. The minimum absolute atomic E-state index is 0.0400. The highest BCUT2D eigenvalue weighted by atomic mass is 31.3. The smallest absolute Gasteiger partial charge is 0.309 e. The Balaban J connectivity index is 1.12. The summed E-state index contributed by atoms with van der Waals surface area (Å²) in [5, 5.41) is 34.5. The predicted octanol–water partition coefficient (Wildman–Crippen LogP) is -4.36. The quantitative estimate of drug-likeness (QED) is 0.0574. The molecule has 7 unspecified atom stereocenters. The molecule has 5 N–H and O–H groups in total. The fourth-order valence-corrected chi connectivity index (χ4v) is 10.8. The van der Waals surface area contributed by atoms with Gasteiger partial charge in [-0.15, -0.1) is 0 Å². The zero-order chi connectivity index (χ0) is 44.3. The Morgan fingerprint density at radius 3 is 2.17 bits per heavy atom. The summed E-state index contributed by atoms with van der Waals surface area (Å²) in [5.74, 6) is -1.07. The van der Waals surface area contributed by atoms with Crippen molar-refractivity contribution in [3.8, 4) is 5.88 Å². The number of imidazole rings is 2. The lowest BCUT2D eigenvalue weighted by Gasteiger charge is -2.35. The van der Waals surface area contributed by atoms with E-state index >= 15 is 0 Å². The van der Waals surface area contributed by atoms with E-state index in [0.717, 1.165) is 18.0 Å². The standard InChI is InChI=1S/C26H39N9O21P4/c1-10(2)53-59(44,45)54-19-13(52-24(17(19)37)34-8-28-14-20(34)29-11(3)30-22(14)38)7-50-58(42,43)56-60(46,47)55-57(40,41)49-6-12-18(48-5)16(36)25(51-12)35-9-33(4)15-21(35)31-26(27)32-23(15)39/h8-10,12-13,16-19,24-25,36-37H,6-7H2,1-5H3,(H7-,27,29,30,31,32,38,39,40,41,42,43,44,45,46,47)/p-4/t12-,13-,16?,17+,18?,19?,24-,25-/m1/s1. The summed E-state index contributed by atoms with van der Waals surface area (Å²) < 4.78 is 97.1. The van der Waals surface area contributed by atoms with Crippen molar-refractivity contribution in [2.45, 2.75) is 76.0 Å². The number of nitrogens with zero attached hydrogens (tertiary/aromatic N) is 7. The van der Waals surface area contributed by atoms with Gasteiger partial charge >= 0.3 is 5.65 Å². The first-order valence-corrected chi connectivity index (χ1v) is 22.8. The second kappa shape index (κ2) is 17.2. The van der Waals surface area contributed by atoms with Crippen molar-refractivity contribution in [1.29, 1.82) is 0 Å². The average Bonchev–Trinajstić information content (AvgIpc) is 3.83. The molecule has 30 nitrogen and oxygen atoms in total. The van der Waals surface area contributed by atoms with E-state index in [9.17, 15) is 57.9 Å². The van der Waals surface area contributed by atoms with Crippen LogP contribution in [0.25, 0.3) is 22.3 Å². The van der Waals surface area contributed by atoms with Gasteiger partial charge < -0.3 is 77.9 Å². The van der Waals surface area contributed by atoms with Crippen molar-refractivity contribution in [2.75, 3.05) is 26.1 Å². The van der Waals surface area contributed by atoms with E-state index in [1.54, 1.807) is 0 Å². The number of aliphatic hydroxyl groups excluding tert-OH is 2. The lowest BCUT2D eigenvalue weighted by molar-refractivity contribution is -0.745. The molecule has 0 aliphatic carbocycles. The number of anilines is 1. The molecule has 0 saturated carbocycles. The number of nitrogens with one attached hydrogen (secondary N) is 1. The number of nitrogens with two attached hydrogens (primary N) is 1. The normalized spacial score (nSPS) is 28.9. The Kier molecular flexibility index (Phi) is 13.3. The molecule has 0 aromatic carbocycles. The number of rotatable bonds is 17. The first-order chi connectivity index (χ1) is 27.8. The number of phosphoric ester groups is 3. The van der Waals surface area contributed by atoms with E-state index in [1.165, 1.54) is 43.3 Å². The molecule has 334 valence electrons. The lowest BCUT2D eigenvalue weighted by Crippen LogP contribution is -2.46. The molecule has 0 bridgehead atoms. The summed E-state index contributed by atoms with van der Waals surface area (Å²) >= 11 is 0. The maximum Gasteiger partial charge on any atom is 0.309 e. The van der Waals surface area contributed by atoms with Crippen LogP contribution in [0.3, 0.4) is 0 Å². The molecule has 34 heteroatoms. The van der Waals surface area contributed by atoms with Crippen molar-refractivity contribution in [3.63, 3.8) is 0 Å². The Morgan fingerprint density at radius 1 is 0.950 bits per heavy atom. The fraction of sp³-hybridized carbons (Fsp3) is 0.615. The summed E-state index contributed by atoms with van der Waals surface area (Å²) in [6, 6.07) is 0. The second-order valence-corrected chi connectivity index (χ2v) is 19.1. The van der Waals surface area contributed by atoms with Crippen LogP contribution in [0.1, 0.15) is 32.1 Å². The van der Waals surface area contributed by atoms with Crippen LogP contribution < -0.4 is 40.5 Å². The molecule has 4 aromatic rings. The number of aliphatic hydroxyl groups is 2. The Labute approximate surface area is 335 Å². The third-order valence-electron chi connectivity index (χ3n) is 8.52. The highest BCUT2D eigenvalue weighted by Gasteiger charge is 2.50. The first-order valence-electron chi connectivity index (χ1n) is 17.0. The number of hydrogen-bond donors (Lipinski definition) is 4. The van der Waals surface area contributed by atoms with E-state index in [4.69, 9.17) is 29.0 Å². The zero-order valence-corrected chi connectivity index (χ0v) is 35.0. The SMILES string of the molecule is COC1C(O)[C@H]([n+]2cn(C)c3c([O-])nc(N)nc32)O[C@@H]1COP(=O)([O-])OP(=O)([O-])OP(=O)([O-])OC[C@H]1O[C@@H](n2cnc3c(=O)[nH]c(C)nc32)[C@@H](O)C1OP(=O)([O-])OC(C)C. The Bertz CT molecular complexity index is 2500. The van der Waals surface area contributed by atoms with Gasteiger partial charge in [-0.05, 0) is 20.8 Å². The highest BCUT2D eigenvalue weighted by molar-refractivity contribution is 7.65. The van der Waals surface area contributed by atoms with Crippen LogP contribution in [0, 0.1) is 6.92 Å². The van der Waals surface area contributed by atoms with Gasteiger partial charge in [-0.3, -0.25) is 32.2 Å². The minimum atomic E-state index is -6.48. The van der Waals surface area contributed by atoms with Gasteiger partial charge in [-0.1, -0.05) is 4.98 Å². The van der Waals surface area contributed by atoms with Crippen LogP contribution in [0.5, 0.6) is 5.88 Å². The number of phosphoric acid groups is 4. The number of aromatic amines is 1. The molecule has 60 heavy (non-hydrogen) atoms. The van der Waals surface area contributed by atoms with Crippen LogP contribution >= 0.6 is 31.3 Å². The number of aromatic nitrogens is 8. The number of hydrogen-bond acceptors (Lipinski definition) is 26. The summed E-state index contributed by atoms with van der Waals surface area (Å²) in [5.41, 5.74) is 4.40. The van der Waals surface area contributed by atoms with Gasteiger partial charge in [-0.25, -0.2) is 28.1 Å². The van der Waals surface area contributed by atoms with Crippen molar-refractivity contribution < 1.29 is 98.6 Å². The molecule has 4 aromatic heterocycles. The first kappa shape index (κ1) is 46.3. The molecule has 2 saturated heterocycles. The Morgan fingerprint density at radius 2 is 1.57 bits per heavy atom. The molecule has 6 heterocycles. The molecular weight excluding hydrogens is 898 g/mol. The fourth-order valence-electron chi connectivity index (χ4n) is 6.29. The van der Waals surface area contributed by atoms with E-state index < -0.39 is 117 Å². The molecule has 2 aliphatic heterocycles. The number of fused-ring (bicyclic) bond motifs is 2. The number of ether oxygens (including phenoxy) is 3. The Hall–Kier alpha value is -3.18. The van der Waals surface area contributed by atoms with Crippen molar-refractivity contribution in [1.82, 2.24) is 34.1 Å². The van der Waals surface area contributed by atoms with Gasteiger partial charge in [0, 0.05) is 13.0 Å². The maximum atomic E-state index is 12.7. The van der Waals surface area contributed by atoms with Gasteiger partial charge in [-0.2, -0.15) is 0 Å². The van der Waals surface area contributed by atoms with Crippen molar-refractivity contribution in [3.05, 3.63) is 28.8 Å². The largest absolute Gasteiger partial charge is 0.856 e. The minimum Gasteiger partial charge on any atom is -0.856 e. The molecule has 12 atom stereocenters. The predicted molar refractivity (Wildman–Crippen MR) is 182 cm³/mol. The van der Waals surface area contributed by atoms with Gasteiger partial charge in [0.05, 0.1) is 32.7 Å². The lowest BCUT2D eigenvalue weighted by atomic mass is 10.1. The molecule has 0 amide bonds. The summed E-state index contributed by atoms with van der Waals surface area (Å²) in [6.07, 6.45) is -12.2. The summed E-state index contributed by atoms with van der Waals surface area (Å²) in [7, 11) is -21.5. The molecule has 0 radical (unpaired) electrons. The van der Waals surface area contributed by atoms with Gasteiger partial charge in [0.15, 0.2) is 29.2 Å². The van der Waals surface area contributed by atoms with E-state index in [0.29, 0.717) is 0 Å². The van der Waals surface area contributed by atoms with Crippen molar-refractivity contribution >= 4 is 59.6 Å². The number of H-pyrrole nitrogens is 1. The van der Waals surface area contributed by atoms with Crippen LogP contribution in [0.4, 0.5) is 5.95 Å². The number of nitrogen functional groups attached to an aromatic ring is 1. The number of methoxy groups -OCH3 is 1. The zero-order valence-electron chi connectivity index (χ0n) is 31.4. The molecule has 6 rings (SSSR count).